The maximum atomic E-state index is 12.2. The minimum atomic E-state index is -2.93. The van der Waals surface area contributed by atoms with Crippen LogP contribution in [0.15, 0.2) is 42.5 Å². The second kappa shape index (κ2) is 6.29. The van der Waals surface area contributed by atoms with Gasteiger partial charge in [-0.25, -0.2) is 4.98 Å². The van der Waals surface area contributed by atoms with E-state index in [9.17, 15) is 13.6 Å². The first kappa shape index (κ1) is 15.4. The average molecular weight is 334 g/mol. The molecule has 0 aliphatic rings. The van der Waals surface area contributed by atoms with Crippen molar-refractivity contribution in [1.82, 2.24) is 4.98 Å². The quantitative estimate of drug-likeness (QED) is 0.766. The summed E-state index contributed by atoms with van der Waals surface area (Å²) in [4.78, 5) is 16.5. The topological polar surface area (TPSA) is 51.2 Å². The third kappa shape index (κ3) is 3.62. The Hall–Kier alpha value is -2.54. The third-order valence-electron chi connectivity index (χ3n) is 3.09. The molecule has 0 bridgehead atoms. The van der Waals surface area contributed by atoms with Gasteiger partial charge in [0.1, 0.15) is 5.75 Å². The Morgan fingerprint density at radius 3 is 2.87 bits per heavy atom. The number of benzene rings is 2. The van der Waals surface area contributed by atoms with E-state index in [1.54, 1.807) is 0 Å². The van der Waals surface area contributed by atoms with E-state index in [0.29, 0.717) is 5.13 Å². The van der Waals surface area contributed by atoms with Crippen LogP contribution in [-0.4, -0.2) is 17.5 Å². The number of carbonyl (C=O) groups excluding carboxylic acids is 1. The molecule has 1 heterocycles. The summed E-state index contributed by atoms with van der Waals surface area (Å²) in [6.45, 7) is -0.952. The Balaban J connectivity index is 1.80. The maximum Gasteiger partial charge on any atom is 0.387 e. The van der Waals surface area contributed by atoms with Crippen LogP contribution in [0.2, 0.25) is 0 Å². The van der Waals surface area contributed by atoms with Gasteiger partial charge in [0, 0.05) is 5.56 Å². The van der Waals surface area contributed by atoms with Crippen LogP contribution in [0, 0.1) is 6.92 Å². The average Bonchev–Trinajstić information content (AvgIpc) is 2.88. The minimum absolute atomic E-state index is 0.0624. The second-order valence-electron chi connectivity index (χ2n) is 4.85. The highest BCUT2D eigenvalue weighted by Gasteiger charge is 2.12. The van der Waals surface area contributed by atoms with Crippen molar-refractivity contribution in [3.8, 4) is 5.75 Å². The molecule has 2 aromatic carbocycles. The van der Waals surface area contributed by atoms with Crippen LogP contribution in [0.5, 0.6) is 5.75 Å². The largest absolute Gasteiger partial charge is 0.435 e. The molecule has 1 N–H and O–H groups in total. The Labute approximate surface area is 134 Å². The highest BCUT2D eigenvalue weighted by Crippen LogP contribution is 2.27. The standard InChI is InChI=1S/C16H12F2N2O2S/c1-9-5-6-12-13(7-9)23-16(19-12)20-14(21)10-3-2-4-11(8-10)22-15(17)18/h2-8,15H,1H3,(H,19,20,21). The lowest BCUT2D eigenvalue weighted by molar-refractivity contribution is -0.0498. The van der Waals surface area contributed by atoms with Gasteiger partial charge in [0.15, 0.2) is 5.13 Å². The van der Waals surface area contributed by atoms with Crippen molar-refractivity contribution >= 4 is 32.6 Å². The summed E-state index contributed by atoms with van der Waals surface area (Å²) in [6, 6.07) is 11.4. The summed E-state index contributed by atoms with van der Waals surface area (Å²) in [5, 5.41) is 3.13. The van der Waals surface area contributed by atoms with E-state index in [-0.39, 0.29) is 11.3 Å². The number of rotatable bonds is 4. The lowest BCUT2D eigenvalue weighted by Crippen LogP contribution is -2.12. The van der Waals surface area contributed by atoms with E-state index in [2.05, 4.69) is 15.0 Å². The number of fused-ring (bicyclic) bond motifs is 1. The van der Waals surface area contributed by atoms with Gasteiger partial charge < -0.3 is 4.74 Å². The molecule has 3 aromatic rings. The second-order valence-corrected chi connectivity index (χ2v) is 5.88. The smallest absolute Gasteiger partial charge is 0.387 e. The molecular formula is C16H12F2N2O2S. The van der Waals surface area contributed by atoms with E-state index in [1.807, 2.05) is 25.1 Å². The summed E-state index contributed by atoms with van der Waals surface area (Å²) in [7, 11) is 0. The number of aromatic nitrogens is 1. The monoisotopic (exact) mass is 334 g/mol. The van der Waals surface area contributed by atoms with Gasteiger partial charge in [0.2, 0.25) is 0 Å². The van der Waals surface area contributed by atoms with Gasteiger partial charge in [-0.05, 0) is 42.8 Å². The van der Waals surface area contributed by atoms with E-state index >= 15 is 0 Å². The lowest BCUT2D eigenvalue weighted by Gasteiger charge is -2.06. The molecule has 118 valence electrons. The molecule has 0 fully saturated rings. The molecule has 1 amide bonds. The molecular weight excluding hydrogens is 322 g/mol. The third-order valence-corrected chi connectivity index (χ3v) is 4.02. The van der Waals surface area contributed by atoms with E-state index in [0.717, 1.165) is 15.8 Å². The highest BCUT2D eigenvalue weighted by molar-refractivity contribution is 7.22. The van der Waals surface area contributed by atoms with Gasteiger partial charge in [0.25, 0.3) is 5.91 Å². The van der Waals surface area contributed by atoms with Gasteiger partial charge in [-0.2, -0.15) is 8.78 Å². The Kier molecular flexibility index (Phi) is 4.20. The molecule has 0 aliphatic carbocycles. The van der Waals surface area contributed by atoms with Gasteiger partial charge in [-0.15, -0.1) is 0 Å². The number of halogens is 2. The number of hydrogen-bond acceptors (Lipinski definition) is 4. The molecule has 0 spiro atoms. The fourth-order valence-electron chi connectivity index (χ4n) is 2.07. The number of ether oxygens (including phenoxy) is 1. The predicted molar refractivity (Wildman–Crippen MR) is 85.4 cm³/mol. The maximum absolute atomic E-state index is 12.2. The van der Waals surface area contributed by atoms with E-state index in [4.69, 9.17) is 0 Å². The zero-order chi connectivity index (χ0) is 16.4. The number of nitrogens with one attached hydrogen (secondary N) is 1. The molecule has 4 nitrogen and oxygen atoms in total. The van der Waals surface area contributed by atoms with Crippen LogP contribution in [0.25, 0.3) is 10.2 Å². The van der Waals surface area contributed by atoms with Crippen LogP contribution in [-0.2, 0) is 0 Å². The first-order chi connectivity index (χ1) is 11.0. The van der Waals surface area contributed by atoms with Gasteiger partial charge in [-0.1, -0.05) is 23.5 Å². The number of alkyl halides is 2. The van der Waals surface area contributed by atoms with Gasteiger partial charge >= 0.3 is 6.61 Å². The van der Waals surface area contributed by atoms with Crippen molar-refractivity contribution in [1.29, 1.82) is 0 Å². The van der Waals surface area contributed by atoms with Crippen LogP contribution < -0.4 is 10.1 Å². The highest BCUT2D eigenvalue weighted by atomic mass is 32.1. The zero-order valence-corrected chi connectivity index (χ0v) is 12.9. The number of nitrogens with zero attached hydrogens (tertiary/aromatic N) is 1. The van der Waals surface area contributed by atoms with E-state index < -0.39 is 12.5 Å². The Morgan fingerprint density at radius 2 is 2.09 bits per heavy atom. The number of amides is 1. The number of thiazole rings is 1. The summed E-state index contributed by atoms with van der Waals surface area (Å²) in [5.74, 6) is -0.493. The molecule has 23 heavy (non-hydrogen) atoms. The van der Waals surface area contributed by atoms with Crippen LogP contribution >= 0.6 is 11.3 Å². The van der Waals surface area contributed by atoms with Gasteiger partial charge in [0.05, 0.1) is 10.2 Å². The minimum Gasteiger partial charge on any atom is -0.435 e. The number of anilines is 1. The van der Waals surface area contributed by atoms with Crippen molar-refractivity contribution < 1.29 is 18.3 Å². The first-order valence-corrected chi connectivity index (χ1v) is 7.56. The van der Waals surface area contributed by atoms with Gasteiger partial charge in [-0.3, -0.25) is 10.1 Å². The van der Waals surface area contributed by atoms with Crippen molar-refractivity contribution in [2.75, 3.05) is 5.32 Å². The van der Waals surface area contributed by atoms with E-state index in [1.165, 1.54) is 35.6 Å². The lowest BCUT2D eigenvalue weighted by atomic mass is 10.2. The summed E-state index contributed by atoms with van der Waals surface area (Å²) < 4.78 is 29.7. The zero-order valence-electron chi connectivity index (χ0n) is 12.0. The Bertz CT molecular complexity index is 864. The molecule has 0 radical (unpaired) electrons. The van der Waals surface area contributed by atoms with Crippen LogP contribution in [0.1, 0.15) is 15.9 Å². The predicted octanol–water partition coefficient (Wildman–Crippen LogP) is 4.46. The summed E-state index contributed by atoms with van der Waals surface area (Å²) in [5.41, 5.74) is 2.13. The van der Waals surface area contributed by atoms with Crippen LogP contribution in [0.3, 0.4) is 0 Å². The fourth-order valence-corrected chi connectivity index (χ4v) is 3.03. The fraction of sp³-hybridized carbons (Fsp3) is 0.125. The molecule has 3 rings (SSSR count). The molecule has 0 unspecified atom stereocenters. The summed E-state index contributed by atoms with van der Waals surface area (Å²) >= 11 is 1.35. The van der Waals surface area contributed by atoms with Crippen LogP contribution in [0.4, 0.5) is 13.9 Å². The number of aryl methyl sites for hydroxylation is 1. The van der Waals surface area contributed by atoms with Crippen molar-refractivity contribution in [2.45, 2.75) is 13.5 Å². The number of hydrogen-bond donors (Lipinski definition) is 1. The first-order valence-electron chi connectivity index (χ1n) is 6.75. The molecule has 0 atom stereocenters. The molecule has 0 saturated heterocycles. The molecule has 7 heteroatoms. The van der Waals surface area contributed by atoms with Crippen molar-refractivity contribution in [3.63, 3.8) is 0 Å². The Morgan fingerprint density at radius 1 is 1.26 bits per heavy atom. The SMILES string of the molecule is Cc1ccc2nc(NC(=O)c3cccc(OC(F)F)c3)sc2c1. The van der Waals surface area contributed by atoms with Crippen molar-refractivity contribution in [3.05, 3.63) is 53.6 Å². The molecule has 1 aromatic heterocycles. The van der Waals surface area contributed by atoms with Crippen molar-refractivity contribution in [2.24, 2.45) is 0 Å². The normalized spacial score (nSPS) is 11.0. The summed E-state index contributed by atoms with van der Waals surface area (Å²) in [6.07, 6.45) is 0. The molecule has 0 saturated carbocycles. The molecule has 0 aliphatic heterocycles. The number of carbonyl (C=O) groups is 1.